The number of nitrogens with one attached hydrogen (secondary N) is 2. The van der Waals surface area contributed by atoms with Crippen LogP contribution in [0.4, 0.5) is 19.0 Å². The van der Waals surface area contributed by atoms with Crippen molar-refractivity contribution in [3.8, 4) is 5.75 Å². The average Bonchev–Trinajstić information content (AvgIpc) is 3.05. The van der Waals surface area contributed by atoms with E-state index in [1.165, 1.54) is 0 Å². The second kappa shape index (κ2) is 8.52. The zero-order valence-electron chi connectivity index (χ0n) is 16.7. The van der Waals surface area contributed by atoms with Crippen LogP contribution in [0, 0.1) is 0 Å². The molecule has 3 aromatic rings. The molecule has 4 rings (SSSR count). The molecule has 1 aliphatic carbocycles. The highest BCUT2D eigenvalue weighted by Gasteiger charge is 2.37. The number of fused-ring (bicyclic) bond motifs is 1. The molecule has 1 fully saturated rings. The van der Waals surface area contributed by atoms with Gasteiger partial charge in [-0.1, -0.05) is 0 Å². The molecular formula is C20H21BrF3N5O2. The van der Waals surface area contributed by atoms with Crippen molar-refractivity contribution in [3.63, 3.8) is 0 Å². The first-order valence-corrected chi connectivity index (χ1v) is 10.8. The Morgan fingerprint density at radius 3 is 2.71 bits per heavy atom. The highest BCUT2D eigenvalue weighted by atomic mass is 79.9. The van der Waals surface area contributed by atoms with Crippen molar-refractivity contribution >= 4 is 32.7 Å². The lowest BCUT2D eigenvalue weighted by atomic mass is 9.93. The third kappa shape index (κ3) is 4.56. The van der Waals surface area contributed by atoms with Crippen LogP contribution in [-0.2, 0) is 6.18 Å². The molecule has 166 valence electrons. The van der Waals surface area contributed by atoms with E-state index in [-0.39, 0.29) is 17.9 Å². The van der Waals surface area contributed by atoms with Gasteiger partial charge in [-0.3, -0.25) is 9.48 Å². The van der Waals surface area contributed by atoms with Crippen LogP contribution in [-0.4, -0.2) is 32.4 Å². The van der Waals surface area contributed by atoms with E-state index in [1.807, 2.05) is 22.7 Å². The lowest BCUT2D eigenvalue weighted by molar-refractivity contribution is -0.143. The summed E-state index contributed by atoms with van der Waals surface area (Å²) in [7, 11) is 0. The van der Waals surface area contributed by atoms with Crippen molar-refractivity contribution in [2.24, 2.45) is 0 Å². The number of alkyl halides is 3. The molecule has 0 amide bonds. The maximum atomic E-state index is 13.2. The largest absolute Gasteiger partial charge is 0.488 e. The number of nitrogens with zero attached hydrogens (tertiary/aromatic N) is 3. The molecule has 0 atom stereocenters. The monoisotopic (exact) mass is 499 g/mol. The van der Waals surface area contributed by atoms with E-state index in [9.17, 15) is 18.0 Å². The molecule has 1 saturated carbocycles. The summed E-state index contributed by atoms with van der Waals surface area (Å²) in [5.41, 5.74) is -1.01. The van der Waals surface area contributed by atoms with E-state index < -0.39 is 17.4 Å². The number of hydrogen-bond acceptors (Lipinski definition) is 5. The van der Waals surface area contributed by atoms with E-state index in [0.29, 0.717) is 30.3 Å². The van der Waals surface area contributed by atoms with Gasteiger partial charge in [0.15, 0.2) is 5.69 Å². The summed E-state index contributed by atoms with van der Waals surface area (Å²) in [4.78, 5) is 17.5. The molecule has 0 aliphatic heterocycles. The molecule has 2 N–H and O–H groups in total. The van der Waals surface area contributed by atoms with Gasteiger partial charge in [-0.2, -0.15) is 18.3 Å². The van der Waals surface area contributed by atoms with Crippen LogP contribution < -0.4 is 15.6 Å². The fourth-order valence-corrected chi connectivity index (χ4v) is 4.39. The van der Waals surface area contributed by atoms with Gasteiger partial charge in [0.2, 0.25) is 5.56 Å². The second-order valence-electron chi connectivity index (χ2n) is 7.46. The summed E-state index contributed by atoms with van der Waals surface area (Å²) in [6.07, 6.45) is -0.728. The predicted molar refractivity (Wildman–Crippen MR) is 113 cm³/mol. The van der Waals surface area contributed by atoms with Gasteiger partial charge in [-0.15, -0.1) is 0 Å². The lowest BCUT2D eigenvalue weighted by Crippen LogP contribution is -2.28. The molecule has 3 heterocycles. The van der Waals surface area contributed by atoms with Gasteiger partial charge in [0.1, 0.15) is 16.2 Å². The lowest BCUT2D eigenvalue weighted by Gasteiger charge is -2.30. The van der Waals surface area contributed by atoms with E-state index in [2.05, 4.69) is 31.3 Å². The number of halogens is 4. The summed E-state index contributed by atoms with van der Waals surface area (Å²) < 4.78 is 48.0. The van der Waals surface area contributed by atoms with Crippen molar-refractivity contribution in [1.29, 1.82) is 0 Å². The number of rotatable bonds is 5. The Kier molecular flexibility index (Phi) is 5.96. The van der Waals surface area contributed by atoms with Crippen molar-refractivity contribution in [2.45, 2.75) is 50.9 Å². The molecule has 0 spiro atoms. The quantitative estimate of drug-likeness (QED) is 0.521. The number of aromatic nitrogens is 4. The number of anilines is 1. The number of hydrogen-bond donors (Lipinski definition) is 2. The first kappa shape index (κ1) is 21.7. The Hall–Kier alpha value is -2.56. The Balaban J connectivity index is 1.50. The first-order chi connectivity index (χ1) is 14.8. The number of H-pyrrole nitrogens is 1. The smallest absolute Gasteiger partial charge is 0.435 e. The number of pyridine rings is 2. The molecule has 0 unspecified atom stereocenters. The molecule has 0 radical (unpaired) electrons. The first-order valence-electron chi connectivity index (χ1n) is 10.0. The molecule has 11 heteroatoms. The summed E-state index contributed by atoms with van der Waals surface area (Å²) in [5.74, 6) is 0.419. The Bertz CT molecular complexity index is 1140. The molecule has 0 saturated heterocycles. The van der Waals surface area contributed by atoms with Crippen molar-refractivity contribution in [3.05, 3.63) is 45.0 Å². The standard InChI is InChI=1S/C20H21BrF3N5O2/c1-2-25-16-9-14-13(10-26-16)19(21)28-29(14)11-3-5-12(6-4-11)31-15-7-8-17(30)27-18(15)20(22,23)24/h7-12H,2-6H2,1H3,(H,25,26)(H,27,30). The van der Waals surface area contributed by atoms with E-state index in [1.54, 1.807) is 6.20 Å². The van der Waals surface area contributed by atoms with Crippen molar-refractivity contribution in [2.75, 3.05) is 11.9 Å². The zero-order chi connectivity index (χ0) is 22.2. The molecule has 31 heavy (non-hydrogen) atoms. The van der Waals surface area contributed by atoms with E-state index in [0.717, 1.165) is 35.4 Å². The summed E-state index contributed by atoms with van der Waals surface area (Å²) >= 11 is 3.48. The molecular weight excluding hydrogens is 479 g/mol. The van der Waals surface area contributed by atoms with Gasteiger partial charge in [0, 0.05) is 24.9 Å². The fraction of sp³-hybridized carbons (Fsp3) is 0.450. The second-order valence-corrected chi connectivity index (χ2v) is 8.21. The maximum absolute atomic E-state index is 13.2. The van der Waals surface area contributed by atoms with Crippen LogP contribution in [0.25, 0.3) is 10.9 Å². The van der Waals surface area contributed by atoms with Crippen LogP contribution in [0.1, 0.15) is 44.3 Å². The summed E-state index contributed by atoms with van der Waals surface area (Å²) in [6.45, 7) is 2.74. The van der Waals surface area contributed by atoms with Crippen LogP contribution >= 0.6 is 15.9 Å². The van der Waals surface area contributed by atoms with Crippen LogP contribution in [0.15, 0.2) is 33.8 Å². The van der Waals surface area contributed by atoms with E-state index in [4.69, 9.17) is 4.74 Å². The number of ether oxygens (including phenoxy) is 1. The minimum Gasteiger partial charge on any atom is -0.488 e. The van der Waals surface area contributed by atoms with Crippen LogP contribution in [0.2, 0.25) is 0 Å². The van der Waals surface area contributed by atoms with E-state index >= 15 is 0 Å². The van der Waals surface area contributed by atoms with Crippen molar-refractivity contribution < 1.29 is 17.9 Å². The van der Waals surface area contributed by atoms with Gasteiger partial charge in [0.05, 0.1) is 23.0 Å². The minimum atomic E-state index is -4.69. The van der Waals surface area contributed by atoms with Crippen molar-refractivity contribution in [1.82, 2.24) is 19.7 Å². The Morgan fingerprint density at radius 2 is 2.03 bits per heavy atom. The predicted octanol–water partition coefficient (Wildman–Crippen LogP) is 4.90. The normalized spacial score (nSPS) is 19.5. The molecule has 0 bridgehead atoms. The SMILES string of the molecule is CCNc1cc2c(cn1)c(Br)nn2C1CCC(Oc2ccc(=O)[nH]c2C(F)(F)F)CC1. The zero-order valence-corrected chi connectivity index (χ0v) is 18.3. The maximum Gasteiger partial charge on any atom is 0.435 e. The van der Waals surface area contributed by atoms with Crippen LogP contribution in [0.5, 0.6) is 5.75 Å². The van der Waals surface area contributed by atoms with Gasteiger partial charge in [-0.25, -0.2) is 4.98 Å². The molecule has 3 aromatic heterocycles. The van der Waals surface area contributed by atoms with Gasteiger partial charge in [0.25, 0.3) is 0 Å². The van der Waals surface area contributed by atoms with Gasteiger partial charge >= 0.3 is 6.18 Å². The molecule has 7 nitrogen and oxygen atoms in total. The fourth-order valence-electron chi connectivity index (χ4n) is 3.91. The Morgan fingerprint density at radius 1 is 1.29 bits per heavy atom. The third-order valence-electron chi connectivity index (χ3n) is 5.35. The van der Waals surface area contributed by atoms with Crippen LogP contribution in [0.3, 0.4) is 0 Å². The summed E-state index contributed by atoms with van der Waals surface area (Å²) in [6, 6.07) is 4.18. The topological polar surface area (TPSA) is 84.8 Å². The summed E-state index contributed by atoms with van der Waals surface area (Å²) in [5, 5.41) is 8.71. The minimum absolute atomic E-state index is 0.100. The molecule has 0 aromatic carbocycles. The average molecular weight is 500 g/mol. The number of aromatic amines is 1. The van der Waals surface area contributed by atoms with Gasteiger partial charge < -0.3 is 15.0 Å². The Labute approximate surface area is 184 Å². The highest BCUT2D eigenvalue weighted by molar-refractivity contribution is 9.10. The highest BCUT2D eigenvalue weighted by Crippen LogP contribution is 2.38. The third-order valence-corrected chi connectivity index (χ3v) is 5.94. The van der Waals surface area contributed by atoms with Gasteiger partial charge in [-0.05, 0) is 54.6 Å². The molecule has 1 aliphatic rings.